The first kappa shape index (κ1) is 11.3. The maximum absolute atomic E-state index is 12.1. The highest BCUT2D eigenvalue weighted by molar-refractivity contribution is 7.13. The summed E-state index contributed by atoms with van der Waals surface area (Å²) in [6, 6.07) is 0. The van der Waals surface area contributed by atoms with Crippen LogP contribution in [0.3, 0.4) is 0 Å². The lowest BCUT2D eigenvalue weighted by molar-refractivity contribution is -0.120. The summed E-state index contributed by atoms with van der Waals surface area (Å²) in [6.45, 7) is 1.94. The number of carbonyl (C=O) groups is 1. The lowest BCUT2D eigenvalue weighted by Gasteiger charge is -2.19. The van der Waals surface area contributed by atoms with E-state index < -0.39 is 0 Å². The minimum absolute atomic E-state index is 0.0127. The van der Waals surface area contributed by atoms with E-state index in [1.807, 2.05) is 6.92 Å². The molecule has 2 heterocycles. The van der Waals surface area contributed by atoms with Gasteiger partial charge in [0.1, 0.15) is 11.3 Å². The first-order valence-corrected chi connectivity index (χ1v) is 6.71. The maximum Gasteiger partial charge on any atom is 0.229 e. The molecule has 0 aliphatic heterocycles. The van der Waals surface area contributed by atoms with Crippen molar-refractivity contribution < 1.29 is 4.79 Å². The number of hydrogen-bond donors (Lipinski definition) is 2. The van der Waals surface area contributed by atoms with Crippen LogP contribution in [-0.2, 0) is 17.6 Å². The van der Waals surface area contributed by atoms with E-state index in [9.17, 15) is 4.79 Å². The highest BCUT2D eigenvalue weighted by Crippen LogP contribution is 2.25. The fourth-order valence-electron chi connectivity index (χ4n) is 2.28. The first-order chi connectivity index (χ1) is 8.72. The van der Waals surface area contributed by atoms with Crippen molar-refractivity contribution in [2.45, 2.75) is 26.2 Å². The van der Waals surface area contributed by atoms with E-state index in [0.717, 1.165) is 36.5 Å². The molecule has 3 rings (SSSR count). The van der Waals surface area contributed by atoms with E-state index in [-0.39, 0.29) is 11.8 Å². The fourth-order valence-corrected chi connectivity index (χ4v) is 2.73. The second-order valence-corrected chi connectivity index (χ2v) is 5.25. The van der Waals surface area contributed by atoms with Crippen molar-refractivity contribution in [2.75, 3.05) is 5.32 Å². The topological polar surface area (TPSA) is 83.6 Å². The third-order valence-corrected chi connectivity index (χ3v) is 3.73. The quantitative estimate of drug-likeness (QED) is 0.855. The molecule has 2 aromatic heterocycles. The molecule has 0 spiro atoms. The van der Waals surface area contributed by atoms with Crippen molar-refractivity contribution in [2.24, 2.45) is 5.92 Å². The number of amides is 1. The first-order valence-electron chi connectivity index (χ1n) is 5.84. The van der Waals surface area contributed by atoms with Crippen molar-refractivity contribution in [3.8, 4) is 0 Å². The number of nitrogens with zero attached hydrogens (tertiary/aromatic N) is 3. The average molecular weight is 263 g/mol. The third kappa shape index (κ3) is 2.13. The van der Waals surface area contributed by atoms with Gasteiger partial charge in [0.15, 0.2) is 0 Å². The van der Waals surface area contributed by atoms with Gasteiger partial charge in [-0.3, -0.25) is 4.79 Å². The number of imidazole rings is 1. The zero-order chi connectivity index (χ0) is 12.5. The van der Waals surface area contributed by atoms with Gasteiger partial charge in [0.2, 0.25) is 11.0 Å². The number of anilines is 1. The second-order valence-electron chi connectivity index (χ2n) is 4.42. The molecule has 0 saturated carbocycles. The van der Waals surface area contributed by atoms with Crippen LogP contribution < -0.4 is 5.32 Å². The van der Waals surface area contributed by atoms with Gasteiger partial charge in [0.25, 0.3) is 0 Å². The van der Waals surface area contributed by atoms with Gasteiger partial charge in [0.05, 0.1) is 5.69 Å². The Kier molecular flexibility index (Phi) is 2.83. The predicted molar refractivity (Wildman–Crippen MR) is 67.4 cm³/mol. The van der Waals surface area contributed by atoms with Gasteiger partial charge in [-0.1, -0.05) is 11.3 Å². The van der Waals surface area contributed by atoms with Crippen LogP contribution in [0.15, 0.2) is 5.51 Å². The summed E-state index contributed by atoms with van der Waals surface area (Å²) in [7, 11) is 0. The molecule has 0 radical (unpaired) electrons. The van der Waals surface area contributed by atoms with Crippen LogP contribution in [0, 0.1) is 12.8 Å². The van der Waals surface area contributed by atoms with Crippen LogP contribution in [0.25, 0.3) is 0 Å². The number of carbonyl (C=O) groups excluding carboxylic acids is 1. The lowest BCUT2D eigenvalue weighted by Crippen LogP contribution is -2.28. The molecule has 94 valence electrons. The average Bonchev–Trinajstić information content (AvgIpc) is 2.95. The van der Waals surface area contributed by atoms with Gasteiger partial charge in [-0.15, -0.1) is 10.2 Å². The summed E-state index contributed by atoms with van der Waals surface area (Å²) in [5, 5.41) is 10.9. The van der Waals surface area contributed by atoms with E-state index in [1.165, 1.54) is 11.3 Å². The highest BCUT2D eigenvalue weighted by atomic mass is 32.1. The minimum atomic E-state index is -0.0127. The number of hydrogen-bond acceptors (Lipinski definition) is 5. The molecule has 1 amide bonds. The van der Waals surface area contributed by atoms with Gasteiger partial charge in [-0.25, -0.2) is 4.98 Å². The molecule has 1 atom stereocenters. The molecule has 18 heavy (non-hydrogen) atoms. The molecule has 7 heteroatoms. The molecule has 0 bridgehead atoms. The Labute approximate surface area is 108 Å². The van der Waals surface area contributed by atoms with E-state index >= 15 is 0 Å². The van der Waals surface area contributed by atoms with E-state index in [1.54, 1.807) is 5.51 Å². The summed E-state index contributed by atoms with van der Waals surface area (Å²) in [5.74, 6) is 0.927. The van der Waals surface area contributed by atoms with Crippen molar-refractivity contribution in [3.63, 3.8) is 0 Å². The van der Waals surface area contributed by atoms with Crippen LogP contribution >= 0.6 is 11.3 Å². The monoisotopic (exact) mass is 263 g/mol. The van der Waals surface area contributed by atoms with Gasteiger partial charge >= 0.3 is 0 Å². The van der Waals surface area contributed by atoms with E-state index in [4.69, 9.17) is 0 Å². The number of rotatable bonds is 2. The number of nitrogens with one attached hydrogen (secondary N) is 2. The summed E-state index contributed by atoms with van der Waals surface area (Å²) >= 11 is 1.33. The molecule has 0 fully saturated rings. The summed E-state index contributed by atoms with van der Waals surface area (Å²) < 4.78 is 0. The normalized spacial score (nSPS) is 18.4. The zero-order valence-electron chi connectivity index (χ0n) is 9.93. The van der Waals surface area contributed by atoms with Gasteiger partial charge in [-0.05, 0) is 19.8 Å². The van der Waals surface area contributed by atoms with E-state index in [0.29, 0.717) is 5.13 Å². The Morgan fingerprint density at radius 1 is 1.61 bits per heavy atom. The Hall–Kier alpha value is -1.76. The summed E-state index contributed by atoms with van der Waals surface area (Å²) in [6.07, 6.45) is 2.41. The van der Waals surface area contributed by atoms with Crippen molar-refractivity contribution in [1.29, 1.82) is 0 Å². The molecule has 6 nitrogen and oxygen atoms in total. The molecule has 2 aromatic rings. The van der Waals surface area contributed by atoms with Gasteiger partial charge in [0, 0.05) is 18.0 Å². The lowest BCUT2D eigenvalue weighted by atomic mass is 9.89. The second kappa shape index (κ2) is 4.49. The van der Waals surface area contributed by atoms with Crippen LogP contribution in [0.1, 0.15) is 23.6 Å². The molecule has 1 aliphatic carbocycles. The SMILES string of the molecule is Cc1nc2c([nH]1)C[C@H](C(=O)Nc1nncs1)CC2. The molecule has 1 aliphatic rings. The number of aromatic amines is 1. The van der Waals surface area contributed by atoms with Crippen LogP contribution in [0.2, 0.25) is 0 Å². The van der Waals surface area contributed by atoms with Crippen LogP contribution in [-0.4, -0.2) is 26.1 Å². The van der Waals surface area contributed by atoms with Crippen LogP contribution in [0.5, 0.6) is 0 Å². The highest BCUT2D eigenvalue weighted by Gasteiger charge is 2.27. The van der Waals surface area contributed by atoms with Gasteiger partial charge in [-0.2, -0.15) is 0 Å². The Bertz CT molecular complexity index is 562. The number of aromatic nitrogens is 4. The Morgan fingerprint density at radius 2 is 2.50 bits per heavy atom. The van der Waals surface area contributed by atoms with Crippen molar-refractivity contribution in [1.82, 2.24) is 20.2 Å². The summed E-state index contributed by atoms with van der Waals surface area (Å²) in [5.41, 5.74) is 3.80. The number of fused-ring (bicyclic) bond motifs is 1. The zero-order valence-corrected chi connectivity index (χ0v) is 10.8. The molecular formula is C11H13N5OS. The standard InChI is InChI=1S/C11H13N5OS/c1-6-13-8-3-2-7(4-9(8)14-6)10(17)15-11-16-12-5-18-11/h5,7H,2-4H2,1H3,(H,13,14)(H,15,16,17)/t7-/m1/s1. The van der Waals surface area contributed by atoms with E-state index in [2.05, 4.69) is 25.5 Å². The van der Waals surface area contributed by atoms with Crippen LogP contribution in [0.4, 0.5) is 5.13 Å². The largest absolute Gasteiger partial charge is 0.346 e. The third-order valence-electron chi connectivity index (χ3n) is 3.12. The molecule has 2 N–H and O–H groups in total. The maximum atomic E-state index is 12.1. The van der Waals surface area contributed by atoms with Crippen molar-refractivity contribution >= 4 is 22.4 Å². The molecule has 0 aromatic carbocycles. The number of aryl methyl sites for hydroxylation is 2. The molecule has 0 unspecified atom stereocenters. The van der Waals surface area contributed by atoms with Crippen molar-refractivity contribution in [3.05, 3.63) is 22.7 Å². The Morgan fingerprint density at radius 3 is 3.28 bits per heavy atom. The minimum Gasteiger partial charge on any atom is -0.346 e. The fraction of sp³-hybridized carbons (Fsp3) is 0.455. The number of H-pyrrole nitrogens is 1. The molecular weight excluding hydrogens is 250 g/mol. The Balaban J connectivity index is 1.70. The smallest absolute Gasteiger partial charge is 0.229 e. The van der Waals surface area contributed by atoms with Gasteiger partial charge < -0.3 is 10.3 Å². The predicted octanol–water partition coefficient (Wildman–Crippen LogP) is 1.31. The molecule has 0 saturated heterocycles. The summed E-state index contributed by atoms with van der Waals surface area (Å²) in [4.78, 5) is 19.7.